The second-order valence-electron chi connectivity index (χ2n) is 6.02. The molecule has 1 aliphatic rings. The van der Waals surface area contributed by atoms with Gasteiger partial charge >= 0.3 is 0 Å². The lowest BCUT2D eigenvalue weighted by molar-refractivity contribution is -0.127. The number of anilines is 1. The van der Waals surface area contributed by atoms with E-state index in [2.05, 4.69) is 20.9 Å². The van der Waals surface area contributed by atoms with Crippen molar-refractivity contribution < 1.29 is 14.0 Å². The number of aliphatic imine (C=N–C) groups is 1. The van der Waals surface area contributed by atoms with Crippen molar-refractivity contribution in [2.45, 2.75) is 26.2 Å². The van der Waals surface area contributed by atoms with Gasteiger partial charge in [0.25, 0.3) is 0 Å². The largest absolute Gasteiger partial charge is 0.357 e. The third kappa shape index (κ3) is 6.70. The van der Waals surface area contributed by atoms with Gasteiger partial charge in [0.05, 0.1) is 0 Å². The minimum absolute atomic E-state index is 0.0730. The number of nitrogens with one attached hydrogen (secondary N) is 3. The van der Waals surface area contributed by atoms with E-state index in [-0.39, 0.29) is 18.4 Å². The van der Waals surface area contributed by atoms with Crippen LogP contribution in [0.2, 0.25) is 0 Å². The number of benzene rings is 1. The van der Waals surface area contributed by atoms with E-state index >= 15 is 0 Å². The molecule has 8 heteroatoms. The lowest BCUT2D eigenvalue weighted by atomic mass is 10.3. The van der Waals surface area contributed by atoms with E-state index in [9.17, 15) is 14.0 Å². The Morgan fingerprint density at radius 1 is 1.35 bits per heavy atom. The molecular formula is C18H26FN5O2. The fourth-order valence-corrected chi connectivity index (χ4v) is 2.68. The van der Waals surface area contributed by atoms with Crippen LogP contribution in [0.25, 0.3) is 0 Å². The van der Waals surface area contributed by atoms with E-state index in [1.165, 1.54) is 18.2 Å². The maximum absolute atomic E-state index is 13.1. The van der Waals surface area contributed by atoms with E-state index in [0.717, 1.165) is 25.9 Å². The molecule has 0 radical (unpaired) electrons. The number of halogens is 1. The minimum atomic E-state index is -0.405. The molecule has 1 heterocycles. The molecule has 0 atom stereocenters. The molecule has 1 saturated heterocycles. The van der Waals surface area contributed by atoms with Crippen LogP contribution in [0.15, 0.2) is 29.3 Å². The smallest absolute Gasteiger partial charge is 0.246 e. The molecule has 142 valence electrons. The van der Waals surface area contributed by atoms with Gasteiger partial charge in [-0.3, -0.25) is 9.59 Å². The number of guanidine groups is 1. The average Bonchev–Trinajstić information content (AvgIpc) is 3.01. The van der Waals surface area contributed by atoms with Gasteiger partial charge < -0.3 is 20.9 Å². The monoisotopic (exact) mass is 363 g/mol. The van der Waals surface area contributed by atoms with E-state index < -0.39 is 5.82 Å². The number of rotatable bonds is 8. The Hall–Kier alpha value is -2.64. The van der Waals surface area contributed by atoms with Gasteiger partial charge in [0.2, 0.25) is 11.8 Å². The van der Waals surface area contributed by atoms with Crippen LogP contribution in [0, 0.1) is 5.82 Å². The maximum atomic E-state index is 13.1. The van der Waals surface area contributed by atoms with Crippen LogP contribution in [-0.4, -0.2) is 55.4 Å². The molecule has 0 unspecified atom stereocenters. The highest BCUT2D eigenvalue weighted by molar-refractivity contribution is 5.94. The molecule has 2 amide bonds. The minimum Gasteiger partial charge on any atom is -0.357 e. The lowest BCUT2D eigenvalue weighted by Crippen LogP contribution is -2.39. The van der Waals surface area contributed by atoms with E-state index in [4.69, 9.17) is 0 Å². The van der Waals surface area contributed by atoms with Crippen molar-refractivity contribution >= 4 is 23.5 Å². The fourth-order valence-electron chi connectivity index (χ4n) is 2.68. The first kappa shape index (κ1) is 19.7. The number of carbonyl (C=O) groups is 2. The molecule has 0 aliphatic carbocycles. The van der Waals surface area contributed by atoms with Crippen molar-refractivity contribution in [1.82, 2.24) is 15.5 Å². The van der Waals surface area contributed by atoms with Gasteiger partial charge in [0.1, 0.15) is 12.4 Å². The topological polar surface area (TPSA) is 85.8 Å². The number of hydrogen-bond acceptors (Lipinski definition) is 3. The molecule has 2 rings (SSSR count). The van der Waals surface area contributed by atoms with Gasteiger partial charge in [0.15, 0.2) is 5.96 Å². The summed E-state index contributed by atoms with van der Waals surface area (Å²) in [5.74, 6) is 0.0301. The zero-order valence-electron chi connectivity index (χ0n) is 15.1. The Morgan fingerprint density at radius 3 is 2.88 bits per heavy atom. The third-order valence-corrected chi connectivity index (χ3v) is 3.90. The molecule has 7 nitrogen and oxygen atoms in total. The Balaban J connectivity index is 1.74. The van der Waals surface area contributed by atoms with Crippen LogP contribution in [0.1, 0.15) is 26.2 Å². The van der Waals surface area contributed by atoms with Crippen LogP contribution in [0.5, 0.6) is 0 Å². The molecule has 1 aromatic rings. The molecule has 26 heavy (non-hydrogen) atoms. The first-order chi connectivity index (χ1) is 12.6. The summed E-state index contributed by atoms with van der Waals surface area (Å²) in [6, 6.07) is 5.72. The third-order valence-electron chi connectivity index (χ3n) is 3.90. The predicted octanol–water partition coefficient (Wildman–Crippen LogP) is 1.33. The number of carbonyl (C=O) groups excluding carboxylic acids is 2. The molecule has 1 aliphatic heterocycles. The van der Waals surface area contributed by atoms with Crippen molar-refractivity contribution in [3.63, 3.8) is 0 Å². The molecule has 1 fully saturated rings. The Labute approximate surface area is 153 Å². The Morgan fingerprint density at radius 2 is 2.19 bits per heavy atom. The summed E-state index contributed by atoms with van der Waals surface area (Å²) < 4.78 is 13.1. The first-order valence-corrected chi connectivity index (χ1v) is 8.94. The van der Waals surface area contributed by atoms with Crippen LogP contribution in [-0.2, 0) is 9.59 Å². The van der Waals surface area contributed by atoms with Crippen molar-refractivity contribution in [3.05, 3.63) is 30.1 Å². The molecule has 0 saturated carbocycles. The molecule has 1 aromatic carbocycles. The highest BCUT2D eigenvalue weighted by Crippen LogP contribution is 2.09. The van der Waals surface area contributed by atoms with Gasteiger partial charge in [-0.1, -0.05) is 6.07 Å². The van der Waals surface area contributed by atoms with E-state index in [1.54, 1.807) is 6.07 Å². The number of hydrogen-bond donors (Lipinski definition) is 3. The SMILES string of the molecule is CCNC(=NCC(=O)Nc1cccc(F)c1)NCCCN1CCCC1=O. The number of nitrogens with zero attached hydrogens (tertiary/aromatic N) is 2. The summed E-state index contributed by atoms with van der Waals surface area (Å²) in [6.07, 6.45) is 2.40. The van der Waals surface area contributed by atoms with Crippen LogP contribution in [0.3, 0.4) is 0 Å². The zero-order chi connectivity index (χ0) is 18.8. The highest BCUT2D eigenvalue weighted by Gasteiger charge is 2.18. The van der Waals surface area contributed by atoms with Crippen LogP contribution < -0.4 is 16.0 Å². The second-order valence-corrected chi connectivity index (χ2v) is 6.02. The summed E-state index contributed by atoms with van der Waals surface area (Å²) in [5, 5.41) is 8.82. The highest BCUT2D eigenvalue weighted by atomic mass is 19.1. The molecule has 3 N–H and O–H groups in total. The standard InChI is InChI=1S/C18H26FN5O2/c1-2-20-18(21-9-5-11-24-10-4-8-17(24)26)22-13-16(25)23-15-7-3-6-14(19)12-15/h3,6-7,12H,2,4-5,8-11,13H2,1H3,(H,23,25)(H2,20,21,22). The maximum Gasteiger partial charge on any atom is 0.246 e. The molecular weight excluding hydrogens is 337 g/mol. The van der Waals surface area contributed by atoms with Crippen molar-refractivity contribution in [2.75, 3.05) is 38.0 Å². The second kappa shape index (κ2) is 10.4. The summed E-state index contributed by atoms with van der Waals surface area (Å²) in [7, 11) is 0. The van der Waals surface area contributed by atoms with Gasteiger partial charge in [-0.15, -0.1) is 0 Å². The predicted molar refractivity (Wildman–Crippen MR) is 99.4 cm³/mol. The van der Waals surface area contributed by atoms with Gasteiger partial charge in [-0.25, -0.2) is 9.38 Å². The summed E-state index contributed by atoms with van der Waals surface area (Å²) >= 11 is 0. The summed E-state index contributed by atoms with van der Waals surface area (Å²) in [4.78, 5) is 29.6. The van der Waals surface area contributed by atoms with Crippen molar-refractivity contribution in [1.29, 1.82) is 0 Å². The van der Waals surface area contributed by atoms with Gasteiger partial charge in [-0.2, -0.15) is 0 Å². The van der Waals surface area contributed by atoms with Gasteiger partial charge in [-0.05, 0) is 38.0 Å². The number of likely N-dealkylation sites (tertiary alicyclic amines) is 1. The van der Waals surface area contributed by atoms with Crippen LogP contribution >= 0.6 is 0 Å². The summed E-state index contributed by atoms with van der Waals surface area (Å²) in [6.45, 7) is 4.75. The van der Waals surface area contributed by atoms with Crippen molar-refractivity contribution in [3.8, 4) is 0 Å². The van der Waals surface area contributed by atoms with E-state index in [1.807, 2.05) is 11.8 Å². The lowest BCUT2D eigenvalue weighted by Gasteiger charge is -2.16. The normalized spacial score (nSPS) is 14.5. The molecule has 0 bridgehead atoms. The van der Waals surface area contributed by atoms with Crippen LogP contribution in [0.4, 0.5) is 10.1 Å². The fraction of sp³-hybridized carbons (Fsp3) is 0.500. The molecule has 0 aromatic heterocycles. The quantitative estimate of drug-likeness (QED) is 0.370. The van der Waals surface area contributed by atoms with Crippen molar-refractivity contribution in [2.24, 2.45) is 4.99 Å². The summed E-state index contributed by atoms with van der Waals surface area (Å²) in [5.41, 5.74) is 0.401. The first-order valence-electron chi connectivity index (χ1n) is 8.94. The average molecular weight is 363 g/mol. The van der Waals surface area contributed by atoms with E-state index in [0.29, 0.717) is 31.2 Å². The number of amides is 2. The zero-order valence-corrected chi connectivity index (χ0v) is 15.1. The Kier molecular flexibility index (Phi) is 7.85. The molecule has 0 spiro atoms. The van der Waals surface area contributed by atoms with Gasteiger partial charge in [0, 0.05) is 38.3 Å². The Bertz CT molecular complexity index is 650.